The summed E-state index contributed by atoms with van der Waals surface area (Å²) in [6.07, 6.45) is 3.10. The fraction of sp³-hybridized carbons (Fsp3) is 0.900. The van der Waals surface area contributed by atoms with Crippen molar-refractivity contribution < 1.29 is 0 Å². The van der Waals surface area contributed by atoms with Gasteiger partial charge in [0.2, 0.25) is 0 Å². The van der Waals surface area contributed by atoms with Gasteiger partial charge in [0, 0.05) is 0 Å². The van der Waals surface area contributed by atoms with Crippen molar-refractivity contribution in [1.82, 2.24) is 0 Å². The molecule has 0 fully saturated rings. The number of hydrogen-bond acceptors (Lipinski definition) is 1. The molecule has 0 saturated carbocycles. The lowest BCUT2D eigenvalue weighted by atomic mass is 9.93. The molecule has 66 valence electrons. The fourth-order valence-corrected chi connectivity index (χ4v) is 0.593. The Morgan fingerprint density at radius 3 is 1.73 bits per heavy atom. The van der Waals surface area contributed by atoms with Crippen molar-refractivity contribution in [3.63, 3.8) is 0 Å². The summed E-state index contributed by atoms with van der Waals surface area (Å²) in [7, 11) is 0. The zero-order valence-electron chi connectivity index (χ0n) is 8.73. The van der Waals surface area contributed by atoms with Crippen molar-refractivity contribution in [3.05, 3.63) is 0 Å². The Kier molecular flexibility index (Phi) is 3.28. The van der Waals surface area contributed by atoms with Crippen LogP contribution in [0.2, 0.25) is 0 Å². The van der Waals surface area contributed by atoms with Gasteiger partial charge in [0.25, 0.3) is 0 Å². The van der Waals surface area contributed by atoms with Crippen LogP contribution in [0.25, 0.3) is 0 Å². The predicted octanol–water partition coefficient (Wildman–Crippen LogP) is 3.29. The summed E-state index contributed by atoms with van der Waals surface area (Å²) < 4.78 is 0. The molecule has 0 aliphatic rings. The van der Waals surface area contributed by atoms with E-state index in [1.807, 2.05) is 6.21 Å². The quantitative estimate of drug-likeness (QED) is 0.515. The maximum atomic E-state index is 4.42. The monoisotopic (exact) mass is 155 g/mol. The van der Waals surface area contributed by atoms with Gasteiger partial charge in [-0.3, -0.25) is 4.99 Å². The minimum absolute atomic E-state index is 0.0885. The summed E-state index contributed by atoms with van der Waals surface area (Å²) in [6.45, 7) is 13.0. The molecule has 0 atom stereocenters. The van der Waals surface area contributed by atoms with Crippen LogP contribution in [0.3, 0.4) is 0 Å². The molecule has 0 aromatic carbocycles. The first-order chi connectivity index (χ1) is 4.71. The smallest absolute Gasteiger partial charge is 0.0520 e. The first-order valence-corrected chi connectivity index (χ1v) is 4.24. The van der Waals surface area contributed by atoms with Crippen LogP contribution in [0.15, 0.2) is 4.99 Å². The largest absolute Gasteiger partial charge is 0.292 e. The highest BCUT2D eigenvalue weighted by Crippen LogP contribution is 2.17. The Bertz CT molecular complexity index is 132. The topological polar surface area (TPSA) is 12.4 Å². The van der Waals surface area contributed by atoms with E-state index in [0.29, 0.717) is 5.41 Å². The Balaban J connectivity index is 3.80. The molecule has 1 nitrogen and oxygen atoms in total. The molecule has 0 aromatic rings. The van der Waals surface area contributed by atoms with Crippen LogP contribution in [0, 0.1) is 5.41 Å². The molecule has 0 heterocycles. The molecule has 0 unspecified atom stereocenters. The third kappa shape index (κ3) is 9.67. The van der Waals surface area contributed by atoms with Crippen LogP contribution in [0.1, 0.15) is 48.0 Å². The number of nitrogens with zero attached hydrogens (tertiary/aromatic N) is 1. The van der Waals surface area contributed by atoms with E-state index >= 15 is 0 Å². The van der Waals surface area contributed by atoms with Crippen molar-refractivity contribution in [2.24, 2.45) is 10.4 Å². The van der Waals surface area contributed by atoms with Crippen LogP contribution in [0.4, 0.5) is 0 Å². The number of hydrogen-bond donors (Lipinski definition) is 0. The van der Waals surface area contributed by atoms with Crippen molar-refractivity contribution >= 4 is 6.21 Å². The normalized spacial score (nSPS) is 14.4. The average Bonchev–Trinajstić information content (AvgIpc) is 1.55. The lowest BCUT2D eigenvalue weighted by Gasteiger charge is -2.16. The van der Waals surface area contributed by atoms with Crippen molar-refractivity contribution in [2.45, 2.75) is 53.5 Å². The van der Waals surface area contributed by atoms with E-state index in [9.17, 15) is 0 Å². The van der Waals surface area contributed by atoms with Gasteiger partial charge in [-0.25, -0.2) is 0 Å². The van der Waals surface area contributed by atoms with Gasteiger partial charge in [0.1, 0.15) is 0 Å². The highest BCUT2D eigenvalue weighted by Gasteiger charge is 2.09. The summed E-state index contributed by atoms with van der Waals surface area (Å²) in [5.74, 6) is 0. The zero-order valence-corrected chi connectivity index (χ0v) is 8.73. The summed E-state index contributed by atoms with van der Waals surface area (Å²) in [5, 5.41) is 0. The molecule has 1 heteroatoms. The molecule has 11 heavy (non-hydrogen) atoms. The summed E-state index contributed by atoms with van der Waals surface area (Å²) in [5.41, 5.74) is 0.458. The molecule has 0 rings (SSSR count). The molecule has 0 aromatic heterocycles. The second-order valence-electron chi connectivity index (χ2n) is 5.25. The molecular weight excluding hydrogens is 134 g/mol. The second-order valence-corrected chi connectivity index (χ2v) is 5.25. The van der Waals surface area contributed by atoms with Crippen LogP contribution in [-0.4, -0.2) is 11.8 Å². The van der Waals surface area contributed by atoms with E-state index in [-0.39, 0.29) is 5.54 Å². The lowest BCUT2D eigenvalue weighted by Crippen LogP contribution is -2.12. The van der Waals surface area contributed by atoms with Gasteiger partial charge in [-0.2, -0.15) is 0 Å². The Hall–Kier alpha value is -0.330. The SMILES string of the molecule is CC(C)(C)C/C=N\C(C)(C)C. The highest BCUT2D eigenvalue weighted by molar-refractivity contribution is 5.58. The highest BCUT2D eigenvalue weighted by atomic mass is 14.8. The standard InChI is InChI=1S/C10H21N/c1-9(2,3)7-8-11-10(4,5)6/h8H,7H2,1-6H3/b11-8-. The molecule has 0 bridgehead atoms. The molecular formula is C10H21N. The minimum Gasteiger partial charge on any atom is -0.292 e. The molecule has 0 radical (unpaired) electrons. The van der Waals surface area contributed by atoms with E-state index in [1.165, 1.54) is 0 Å². The van der Waals surface area contributed by atoms with Crippen LogP contribution in [0.5, 0.6) is 0 Å². The van der Waals surface area contributed by atoms with Crippen LogP contribution in [-0.2, 0) is 0 Å². The van der Waals surface area contributed by atoms with Crippen LogP contribution < -0.4 is 0 Å². The van der Waals surface area contributed by atoms with Gasteiger partial charge >= 0.3 is 0 Å². The molecule has 0 aliphatic heterocycles. The summed E-state index contributed by atoms with van der Waals surface area (Å²) >= 11 is 0. The first-order valence-electron chi connectivity index (χ1n) is 4.24. The third-order valence-corrected chi connectivity index (χ3v) is 1.18. The lowest BCUT2D eigenvalue weighted by molar-refractivity contribution is 0.435. The summed E-state index contributed by atoms with van der Waals surface area (Å²) in [6, 6.07) is 0. The number of rotatable bonds is 1. The minimum atomic E-state index is 0.0885. The Labute approximate surface area is 70.9 Å². The average molecular weight is 155 g/mol. The van der Waals surface area contributed by atoms with Gasteiger partial charge in [0.05, 0.1) is 5.54 Å². The fourth-order valence-electron chi connectivity index (χ4n) is 0.593. The maximum Gasteiger partial charge on any atom is 0.0520 e. The molecule has 0 aliphatic carbocycles. The molecule has 0 spiro atoms. The van der Waals surface area contributed by atoms with Gasteiger partial charge in [0.15, 0.2) is 0 Å². The zero-order chi connectivity index (χ0) is 9.12. The van der Waals surface area contributed by atoms with Gasteiger partial charge in [-0.05, 0) is 38.8 Å². The van der Waals surface area contributed by atoms with Gasteiger partial charge < -0.3 is 0 Å². The first kappa shape index (κ1) is 10.7. The van der Waals surface area contributed by atoms with Gasteiger partial charge in [-0.1, -0.05) is 20.8 Å². The summed E-state index contributed by atoms with van der Waals surface area (Å²) in [4.78, 5) is 4.42. The van der Waals surface area contributed by atoms with Crippen molar-refractivity contribution in [1.29, 1.82) is 0 Å². The maximum absolute atomic E-state index is 4.42. The van der Waals surface area contributed by atoms with E-state index in [2.05, 4.69) is 46.5 Å². The molecule has 0 N–H and O–H groups in total. The van der Waals surface area contributed by atoms with Crippen molar-refractivity contribution in [3.8, 4) is 0 Å². The van der Waals surface area contributed by atoms with Crippen LogP contribution >= 0.6 is 0 Å². The van der Waals surface area contributed by atoms with E-state index < -0.39 is 0 Å². The van der Waals surface area contributed by atoms with E-state index in [0.717, 1.165) is 6.42 Å². The van der Waals surface area contributed by atoms with Crippen molar-refractivity contribution in [2.75, 3.05) is 0 Å². The van der Waals surface area contributed by atoms with Gasteiger partial charge in [-0.15, -0.1) is 0 Å². The third-order valence-electron chi connectivity index (χ3n) is 1.18. The Morgan fingerprint density at radius 2 is 1.45 bits per heavy atom. The predicted molar refractivity (Wildman–Crippen MR) is 52.3 cm³/mol. The molecule has 0 saturated heterocycles. The Morgan fingerprint density at radius 1 is 1.00 bits per heavy atom. The number of aliphatic imine (C=N–C) groups is 1. The van der Waals surface area contributed by atoms with E-state index in [4.69, 9.17) is 0 Å². The second kappa shape index (κ2) is 3.38. The van der Waals surface area contributed by atoms with E-state index in [1.54, 1.807) is 0 Å². The molecule has 0 amide bonds.